The first-order chi connectivity index (χ1) is 11.2. The zero-order valence-electron chi connectivity index (χ0n) is 11.5. The summed E-state index contributed by atoms with van der Waals surface area (Å²) in [4.78, 5) is 11.0. The quantitative estimate of drug-likeness (QED) is 0.614. The molecule has 0 bridgehead atoms. The average Bonchev–Trinajstić information content (AvgIpc) is 3.23. The van der Waals surface area contributed by atoms with Crippen LogP contribution >= 0.6 is 0 Å². The van der Waals surface area contributed by atoms with Crippen molar-refractivity contribution in [1.82, 2.24) is 20.5 Å². The maximum absolute atomic E-state index is 11.0. The summed E-state index contributed by atoms with van der Waals surface area (Å²) in [6.07, 6.45) is 0. The maximum atomic E-state index is 11.0. The molecule has 0 aliphatic rings. The first-order valence-electron chi connectivity index (χ1n) is 6.60. The summed E-state index contributed by atoms with van der Waals surface area (Å²) in [6, 6.07) is 11.5. The van der Waals surface area contributed by atoms with Crippen LogP contribution in [0.25, 0.3) is 33.9 Å². The predicted molar refractivity (Wildman–Crippen MR) is 77.5 cm³/mol. The Morgan fingerprint density at radius 2 is 1.65 bits per heavy atom. The lowest BCUT2D eigenvalue weighted by atomic mass is 10.1. The summed E-state index contributed by atoms with van der Waals surface area (Å²) in [5.41, 5.74) is 2.56. The molecule has 1 N–H and O–H groups in total. The van der Waals surface area contributed by atoms with Crippen LogP contribution in [0.15, 0.2) is 51.5 Å². The number of aromatic carboxylic acids is 1. The SMILES string of the molecule is O=C(O)c1cccc(-c2nnc(-c3ccc4nonc4c3)o2)c1. The van der Waals surface area contributed by atoms with Crippen LogP contribution in [0, 0.1) is 0 Å². The Bertz CT molecular complexity index is 1020. The van der Waals surface area contributed by atoms with E-state index < -0.39 is 5.97 Å². The molecule has 0 saturated heterocycles. The summed E-state index contributed by atoms with van der Waals surface area (Å²) in [7, 11) is 0. The number of carbonyl (C=O) groups is 1. The Balaban J connectivity index is 1.73. The van der Waals surface area contributed by atoms with Gasteiger partial charge >= 0.3 is 5.97 Å². The topological polar surface area (TPSA) is 115 Å². The molecule has 8 heteroatoms. The molecular formula is C15H8N4O4. The third-order valence-electron chi connectivity index (χ3n) is 3.28. The average molecular weight is 308 g/mol. The molecule has 0 spiro atoms. The van der Waals surface area contributed by atoms with E-state index in [2.05, 4.69) is 25.1 Å². The minimum atomic E-state index is -1.02. The van der Waals surface area contributed by atoms with Gasteiger partial charge in [0.25, 0.3) is 0 Å². The molecule has 112 valence electrons. The molecule has 4 aromatic rings. The maximum Gasteiger partial charge on any atom is 0.335 e. The standard InChI is InChI=1S/C15H8N4O4/c20-15(21)10-3-1-2-8(6-10)13-16-17-14(22-13)9-4-5-11-12(7-9)19-23-18-11/h1-7H,(H,20,21). The van der Waals surface area contributed by atoms with Crippen LogP contribution in [0.5, 0.6) is 0 Å². The Hall–Kier alpha value is -3.55. The number of carboxylic acid groups (broad SMARTS) is 1. The van der Waals surface area contributed by atoms with Crippen LogP contribution in [-0.4, -0.2) is 31.6 Å². The van der Waals surface area contributed by atoms with Crippen LogP contribution < -0.4 is 0 Å². The van der Waals surface area contributed by atoms with Gasteiger partial charge in [0.05, 0.1) is 5.56 Å². The van der Waals surface area contributed by atoms with Gasteiger partial charge in [0.1, 0.15) is 11.0 Å². The highest BCUT2D eigenvalue weighted by atomic mass is 16.6. The van der Waals surface area contributed by atoms with Gasteiger partial charge in [-0.15, -0.1) is 10.2 Å². The molecule has 0 atom stereocenters. The highest BCUT2D eigenvalue weighted by molar-refractivity contribution is 5.89. The molecule has 0 aliphatic carbocycles. The summed E-state index contributed by atoms with van der Waals surface area (Å²) < 4.78 is 10.3. The van der Waals surface area contributed by atoms with Crippen molar-refractivity contribution >= 4 is 17.0 Å². The van der Waals surface area contributed by atoms with E-state index in [1.54, 1.807) is 30.3 Å². The summed E-state index contributed by atoms with van der Waals surface area (Å²) in [6.45, 7) is 0. The van der Waals surface area contributed by atoms with Crippen molar-refractivity contribution in [3.05, 3.63) is 48.0 Å². The third kappa shape index (κ3) is 2.31. The fourth-order valence-electron chi connectivity index (χ4n) is 2.16. The monoisotopic (exact) mass is 308 g/mol. The summed E-state index contributed by atoms with van der Waals surface area (Å²) in [5, 5.41) is 24.5. The van der Waals surface area contributed by atoms with Crippen LogP contribution in [0.3, 0.4) is 0 Å². The molecule has 23 heavy (non-hydrogen) atoms. The lowest BCUT2D eigenvalue weighted by Gasteiger charge is -1.97. The first kappa shape index (κ1) is 13.1. The van der Waals surface area contributed by atoms with E-state index in [0.717, 1.165) is 0 Å². The number of carboxylic acids is 1. The molecule has 0 fully saturated rings. The number of benzene rings is 2. The lowest BCUT2D eigenvalue weighted by Crippen LogP contribution is -1.95. The van der Waals surface area contributed by atoms with Crippen LogP contribution in [0.4, 0.5) is 0 Å². The molecular weight excluding hydrogens is 300 g/mol. The fourth-order valence-corrected chi connectivity index (χ4v) is 2.16. The Morgan fingerprint density at radius 3 is 2.43 bits per heavy atom. The van der Waals surface area contributed by atoms with Crippen LogP contribution in [0.2, 0.25) is 0 Å². The molecule has 0 aliphatic heterocycles. The van der Waals surface area contributed by atoms with Crippen LogP contribution in [0.1, 0.15) is 10.4 Å². The Kier molecular flexibility index (Phi) is 2.87. The normalized spacial score (nSPS) is 11.0. The highest BCUT2D eigenvalue weighted by Crippen LogP contribution is 2.26. The molecule has 2 heterocycles. The van der Waals surface area contributed by atoms with Gasteiger partial charge in [-0.2, -0.15) is 0 Å². The first-order valence-corrected chi connectivity index (χ1v) is 6.60. The minimum absolute atomic E-state index is 0.150. The molecule has 0 unspecified atom stereocenters. The van der Waals surface area contributed by atoms with E-state index in [9.17, 15) is 4.79 Å². The summed E-state index contributed by atoms with van der Waals surface area (Å²) >= 11 is 0. The van der Waals surface area contributed by atoms with E-state index in [1.807, 2.05) is 0 Å². The fraction of sp³-hybridized carbons (Fsp3) is 0. The van der Waals surface area contributed by atoms with Crippen molar-refractivity contribution in [2.45, 2.75) is 0 Å². The van der Waals surface area contributed by atoms with Crippen molar-refractivity contribution < 1.29 is 18.9 Å². The Labute approximate surface area is 128 Å². The minimum Gasteiger partial charge on any atom is -0.478 e. The van der Waals surface area contributed by atoms with Crippen molar-refractivity contribution in [3.63, 3.8) is 0 Å². The molecule has 8 nitrogen and oxygen atoms in total. The predicted octanol–water partition coefficient (Wildman–Crippen LogP) is 2.64. The van der Waals surface area contributed by atoms with E-state index in [0.29, 0.717) is 28.1 Å². The number of hydrogen-bond donors (Lipinski definition) is 1. The number of rotatable bonds is 3. The van der Waals surface area contributed by atoms with Crippen molar-refractivity contribution in [2.75, 3.05) is 0 Å². The van der Waals surface area contributed by atoms with Gasteiger partial charge in [-0.05, 0) is 46.7 Å². The highest BCUT2D eigenvalue weighted by Gasteiger charge is 2.13. The lowest BCUT2D eigenvalue weighted by molar-refractivity contribution is 0.0697. The smallest absolute Gasteiger partial charge is 0.335 e. The van der Waals surface area contributed by atoms with E-state index >= 15 is 0 Å². The zero-order valence-corrected chi connectivity index (χ0v) is 11.5. The third-order valence-corrected chi connectivity index (χ3v) is 3.28. The van der Waals surface area contributed by atoms with Crippen molar-refractivity contribution in [2.24, 2.45) is 0 Å². The van der Waals surface area contributed by atoms with Gasteiger partial charge in [-0.3, -0.25) is 0 Å². The summed E-state index contributed by atoms with van der Waals surface area (Å²) in [5.74, 6) is -0.484. The second kappa shape index (κ2) is 5.02. The second-order valence-electron chi connectivity index (χ2n) is 4.77. The van der Waals surface area contributed by atoms with Crippen LogP contribution in [-0.2, 0) is 0 Å². The molecule has 0 amide bonds. The van der Waals surface area contributed by atoms with Gasteiger partial charge in [0, 0.05) is 11.1 Å². The molecule has 0 radical (unpaired) electrons. The number of nitrogens with zero attached hydrogens (tertiary/aromatic N) is 4. The van der Waals surface area contributed by atoms with Gasteiger partial charge in [-0.1, -0.05) is 6.07 Å². The van der Waals surface area contributed by atoms with Gasteiger partial charge in [0.2, 0.25) is 11.8 Å². The van der Waals surface area contributed by atoms with E-state index in [1.165, 1.54) is 12.1 Å². The molecule has 2 aromatic carbocycles. The van der Waals surface area contributed by atoms with Gasteiger partial charge in [0.15, 0.2) is 0 Å². The van der Waals surface area contributed by atoms with Crippen molar-refractivity contribution in [3.8, 4) is 22.9 Å². The van der Waals surface area contributed by atoms with E-state index in [-0.39, 0.29) is 11.5 Å². The molecule has 0 saturated carbocycles. The van der Waals surface area contributed by atoms with Gasteiger partial charge in [-0.25, -0.2) is 9.42 Å². The van der Waals surface area contributed by atoms with Crippen molar-refractivity contribution in [1.29, 1.82) is 0 Å². The number of fused-ring (bicyclic) bond motifs is 1. The number of aromatic nitrogens is 4. The molecule has 2 aromatic heterocycles. The largest absolute Gasteiger partial charge is 0.478 e. The van der Waals surface area contributed by atoms with E-state index in [4.69, 9.17) is 9.52 Å². The molecule has 4 rings (SSSR count). The Morgan fingerprint density at radius 1 is 0.913 bits per heavy atom. The second-order valence-corrected chi connectivity index (χ2v) is 4.77. The zero-order chi connectivity index (χ0) is 15.8. The number of hydrogen-bond acceptors (Lipinski definition) is 7. The van der Waals surface area contributed by atoms with Gasteiger partial charge < -0.3 is 9.52 Å².